The van der Waals surface area contributed by atoms with Crippen molar-refractivity contribution in [3.05, 3.63) is 43.0 Å². The third-order valence-corrected chi connectivity index (χ3v) is 5.18. The van der Waals surface area contributed by atoms with Crippen molar-refractivity contribution < 1.29 is 28.4 Å². The monoisotopic (exact) mass is 449 g/mol. The minimum absolute atomic E-state index is 0.180. The average Bonchev–Trinajstić information content (AvgIpc) is 3.32. The smallest absolute Gasteiger partial charge is 0.167 e. The van der Waals surface area contributed by atoms with Crippen LogP contribution in [0.2, 0.25) is 0 Å². The van der Waals surface area contributed by atoms with Gasteiger partial charge in [0.2, 0.25) is 0 Å². The normalized spacial score (nSPS) is 24.4. The molecule has 1 saturated heterocycles. The minimum atomic E-state index is -2.51. The number of hydrogen-bond donors (Lipinski definition) is 4. The molecule has 1 aliphatic heterocycles. The maximum absolute atomic E-state index is 10.7. The lowest BCUT2D eigenvalue weighted by atomic mass is 10.1. The zero-order valence-corrected chi connectivity index (χ0v) is 17.0. The van der Waals surface area contributed by atoms with Crippen molar-refractivity contribution >= 4 is 28.2 Å². The Morgan fingerprint density at radius 2 is 2.00 bits per heavy atom. The number of fused-ring (bicyclic) bond motifs is 1. The van der Waals surface area contributed by atoms with Crippen LogP contribution in [-0.2, 0) is 16.0 Å². The van der Waals surface area contributed by atoms with E-state index >= 15 is 0 Å². The fourth-order valence-electron chi connectivity index (χ4n) is 3.30. The summed E-state index contributed by atoms with van der Waals surface area (Å²) in [5, 5.41) is 23.7. The molecule has 3 heterocycles. The van der Waals surface area contributed by atoms with Crippen LogP contribution in [0.3, 0.4) is 0 Å². The molecule has 0 bridgehead atoms. The molecule has 13 heteroatoms. The standard InChI is InChI=1S/C18H22N6O6S/c25-14-12(8-23-31(27)28)30-18(15(14)26)24-10-22-13-16(20-9-21-17(13)24)19-6-7-29-11-4-2-1-3-5-11/h1-5,9-10,12,14-15,18,23,25-26H,6-8H2,(H,27,28)(H,19,20,21)/p-1/t12-,14-,15-,18-/m1/s1. The van der Waals surface area contributed by atoms with Crippen molar-refractivity contribution in [3.63, 3.8) is 0 Å². The molecule has 4 N–H and O–H groups in total. The van der Waals surface area contributed by atoms with E-state index in [1.54, 1.807) is 0 Å². The van der Waals surface area contributed by atoms with Gasteiger partial charge in [-0.1, -0.05) is 18.2 Å². The van der Waals surface area contributed by atoms with Gasteiger partial charge in [-0.15, -0.1) is 0 Å². The Hall–Kier alpha value is -2.68. The Balaban J connectivity index is 1.44. The van der Waals surface area contributed by atoms with Crippen molar-refractivity contribution in [2.75, 3.05) is 25.0 Å². The fraction of sp³-hybridized carbons (Fsp3) is 0.389. The zero-order chi connectivity index (χ0) is 21.8. The molecule has 31 heavy (non-hydrogen) atoms. The van der Waals surface area contributed by atoms with E-state index in [4.69, 9.17) is 9.47 Å². The summed E-state index contributed by atoms with van der Waals surface area (Å²) >= 11 is -2.51. The molecule has 0 radical (unpaired) electrons. The summed E-state index contributed by atoms with van der Waals surface area (Å²) in [6, 6.07) is 9.42. The van der Waals surface area contributed by atoms with Gasteiger partial charge in [-0.2, -0.15) is 0 Å². The summed E-state index contributed by atoms with van der Waals surface area (Å²) in [6.45, 7) is 0.693. The van der Waals surface area contributed by atoms with Crippen molar-refractivity contribution in [2.45, 2.75) is 24.5 Å². The first-order valence-electron chi connectivity index (χ1n) is 9.48. The maximum atomic E-state index is 10.7. The molecule has 4 rings (SSSR count). The van der Waals surface area contributed by atoms with Crippen LogP contribution in [0.15, 0.2) is 43.0 Å². The SMILES string of the molecule is O=S([O-])NC[C@H]1O[C@@H](n2cnc3c(NCCOc4ccccc4)ncnc32)[C@H](O)[C@@H]1O. The van der Waals surface area contributed by atoms with E-state index in [2.05, 4.69) is 25.0 Å². The van der Waals surface area contributed by atoms with E-state index in [1.165, 1.54) is 17.2 Å². The Labute approximate surface area is 179 Å². The lowest BCUT2D eigenvalue weighted by Crippen LogP contribution is -2.38. The first-order valence-corrected chi connectivity index (χ1v) is 10.6. The largest absolute Gasteiger partial charge is 0.760 e. The van der Waals surface area contributed by atoms with Gasteiger partial charge in [-0.3, -0.25) is 8.78 Å². The number of benzene rings is 1. The lowest BCUT2D eigenvalue weighted by molar-refractivity contribution is -0.0330. The molecule has 0 spiro atoms. The van der Waals surface area contributed by atoms with Gasteiger partial charge in [0.1, 0.15) is 37.0 Å². The molecule has 12 nitrogen and oxygen atoms in total. The highest BCUT2D eigenvalue weighted by molar-refractivity contribution is 7.77. The van der Waals surface area contributed by atoms with Gasteiger partial charge in [0.05, 0.1) is 12.9 Å². The first kappa shape index (κ1) is 21.5. The lowest BCUT2D eigenvalue weighted by Gasteiger charge is -2.17. The Kier molecular flexibility index (Phi) is 6.70. The molecule has 1 aromatic carbocycles. The predicted octanol–water partition coefficient (Wildman–Crippen LogP) is -0.680. The minimum Gasteiger partial charge on any atom is -0.760 e. The van der Waals surface area contributed by atoms with Crippen LogP contribution in [0, 0.1) is 0 Å². The van der Waals surface area contributed by atoms with Gasteiger partial charge in [0, 0.05) is 17.8 Å². The number of aromatic nitrogens is 4. The van der Waals surface area contributed by atoms with Crippen molar-refractivity contribution in [1.29, 1.82) is 0 Å². The van der Waals surface area contributed by atoms with Crippen LogP contribution in [-0.4, -0.2) is 76.5 Å². The van der Waals surface area contributed by atoms with Crippen LogP contribution in [0.5, 0.6) is 5.75 Å². The van der Waals surface area contributed by atoms with Crippen molar-refractivity contribution in [2.24, 2.45) is 0 Å². The van der Waals surface area contributed by atoms with E-state index < -0.39 is 35.8 Å². The molecule has 1 unspecified atom stereocenters. The van der Waals surface area contributed by atoms with Gasteiger partial charge in [-0.25, -0.2) is 19.7 Å². The topological polar surface area (TPSA) is 167 Å². The van der Waals surface area contributed by atoms with Crippen molar-refractivity contribution in [1.82, 2.24) is 24.2 Å². The van der Waals surface area contributed by atoms with Crippen LogP contribution >= 0.6 is 0 Å². The quantitative estimate of drug-likeness (QED) is 0.243. The number of imidazole rings is 1. The fourth-order valence-corrected chi connectivity index (χ4v) is 3.60. The van der Waals surface area contributed by atoms with E-state index in [9.17, 15) is 19.0 Å². The molecule has 5 atom stereocenters. The molecule has 1 fully saturated rings. The number of hydrogen-bond acceptors (Lipinski definition) is 10. The zero-order valence-electron chi connectivity index (χ0n) is 16.2. The summed E-state index contributed by atoms with van der Waals surface area (Å²) in [5.41, 5.74) is 0.841. The van der Waals surface area contributed by atoms with Gasteiger partial charge in [-0.05, 0) is 12.1 Å². The number of aliphatic hydroxyl groups excluding tert-OH is 2. The van der Waals surface area contributed by atoms with Gasteiger partial charge >= 0.3 is 0 Å². The van der Waals surface area contributed by atoms with E-state index in [1.807, 2.05) is 30.3 Å². The molecule has 1 aliphatic rings. The second-order valence-corrected chi connectivity index (χ2v) is 7.52. The van der Waals surface area contributed by atoms with Crippen LogP contribution in [0.4, 0.5) is 5.82 Å². The second-order valence-electron chi connectivity index (χ2n) is 6.76. The molecule has 0 saturated carbocycles. The van der Waals surface area contributed by atoms with Crippen LogP contribution < -0.4 is 14.8 Å². The summed E-state index contributed by atoms with van der Waals surface area (Å²) < 4.78 is 36.3. The van der Waals surface area contributed by atoms with Crippen LogP contribution in [0.25, 0.3) is 11.2 Å². The number of aliphatic hydroxyl groups is 2. The third kappa shape index (κ3) is 4.81. The number of ether oxygens (including phenoxy) is 2. The van der Waals surface area contributed by atoms with E-state index in [-0.39, 0.29) is 6.54 Å². The van der Waals surface area contributed by atoms with Gasteiger partial charge in [0.15, 0.2) is 23.2 Å². The summed E-state index contributed by atoms with van der Waals surface area (Å²) in [7, 11) is 0. The average molecular weight is 449 g/mol. The Morgan fingerprint density at radius 3 is 2.77 bits per heavy atom. The van der Waals surface area contributed by atoms with Gasteiger partial charge in [0.25, 0.3) is 0 Å². The van der Waals surface area contributed by atoms with Crippen molar-refractivity contribution in [3.8, 4) is 5.75 Å². The maximum Gasteiger partial charge on any atom is 0.167 e. The summed E-state index contributed by atoms with van der Waals surface area (Å²) in [4.78, 5) is 12.7. The highest BCUT2D eigenvalue weighted by Crippen LogP contribution is 2.32. The summed E-state index contributed by atoms with van der Waals surface area (Å²) in [5.74, 6) is 1.24. The van der Waals surface area contributed by atoms with Gasteiger partial charge < -0.3 is 29.6 Å². The Bertz CT molecular complexity index is 1040. The van der Waals surface area contributed by atoms with E-state index in [0.29, 0.717) is 30.1 Å². The first-order chi connectivity index (χ1) is 15.0. The highest BCUT2D eigenvalue weighted by Gasteiger charge is 2.44. The molecular formula is C18H21N6O6S-. The van der Waals surface area contributed by atoms with E-state index in [0.717, 1.165) is 5.75 Å². The van der Waals surface area contributed by atoms with Crippen LogP contribution in [0.1, 0.15) is 6.23 Å². The molecule has 166 valence electrons. The molecular weight excluding hydrogens is 428 g/mol. The second kappa shape index (κ2) is 9.64. The number of rotatable bonds is 9. The number of nitrogens with zero attached hydrogens (tertiary/aromatic N) is 4. The third-order valence-electron chi connectivity index (χ3n) is 4.78. The summed E-state index contributed by atoms with van der Waals surface area (Å²) in [6.07, 6.45) is -1.73. The number of nitrogens with one attached hydrogen (secondary N) is 2. The number of para-hydroxylation sites is 1. The molecule has 0 amide bonds. The highest BCUT2D eigenvalue weighted by atomic mass is 32.2. The molecule has 2 aromatic heterocycles. The number of anilines is 1. The predicted molar refractivity (Wildman–Crippen MR) is 109 cm³/mol. The Morgan fingerprint density at radius 1 is 1.19 bits per heavy atom. The molecule has 3 aromatic rings. The molecule has 0 aliphatic carbocycles.